The summed E-state index contributed by atoms with van der Waals surface area (Å²) in [6, 6.07) is 17.7. The Morgan fingerprint density at radius 1 is 0.793 bits per heavy atom. The predicted molar refractivity (Wildman–Crippen MR) is 103 cm³/mol. The lowest BCUT2D eigenvalue weighted by molar-refractivity contribution is -0.166. The van der Waals surface area contributed by atoms with Crippen LogP contribution in [0.2, 0.25) is 0 Å². The Hall–Kier alpha value is -3.74. The molecule has 7 nitrogen and oxygen atoms in total. The molecule has 0 aromatic heterocycles. The van der Waals surface area contributed by atoms with Gasteiger partial charge >= 0.3 is 23.9 Å². The molecule has 0 bridgehead atoms. The molecule has 0 radical (unpaired) electrons. The van der Waals surface area contributed by atoms with Gasteiger partial charge in [0, 0.05) is 12.2 Å². The molecule has 0 saturated carbocycles. The van der Waals surface area contributed by atoms with Crippen LogP contribution in [0.3, 0.4) is 0 Å². The van der Waals surface area contributed by atoms with Crippen molar-refractivity contribution in [1.29, 1.82) is 0 Å². The highest BCUT2D eigenvalue weighted by molar-refractivity contribution is 5.94. The van der Waals surface area contributed by atoms with E-state index in [9.17, 15) is 19.2 Å². The lowest BCUT2D eigenvalue weighted by atomic mass is 9.91. The van der Waals surface area contributed by atoms with E-state index >= 15 is 0 Å². The van der Waals surface area contributed by atoms with Crippen molar-refractivity contribution in [3.8, 4) is 0 Å². The number of benzene rings is 2. The average Bonchev–Trinajstić information content (AvgIpc) is 2.73. The van der Waals surface area contributed by atoms with Gasteiger partial charge in [-0.25, -0.2) is 14.4 Å². The first-order valence-corrected chi connectivity index (χ1v) is 8.87. The molecule has 7 heteroatoms. The number of ether oxygens (including phenoxy) is 3. The van der Waals surface area contributed by atoms with Crippen molar-refractivity contribution in [1.82, 2.24) is 0 Å². The van der Waals surface area contributed by atoms with Gasteiger partial charge in [-0.2, -0.15) is 0 Å². The second-order valence-electron chi connectivity index (χ2n) is 5.74. The molecule has 2 aromatic rings. The molecule has 2 aromatic carbocycles. The Balaban J connectivity index is 1.98. The third kappa shape index (κ3) is 7.06. The maximum Gasteiger partial charge on any atom is 0.351 e. The van der Waals surface area contributed by atoms with Crippen molar-refractivity contribution in [3.63, 3.8) is 0 Å². The van der Waals surface area contributed by atoms with Crippen molar-refractivity contribution in [2.45, 2.75) is 12.8 Å². The minimum atomic E-state index is -1.02. The lowest BCUT2D eigenvalue weighted by Crippen LogP contribution is -2.24. The molecule has 0 aliphatic heterocycles. The fourth-order valence-electron chi connectivity index (χ4n) is 2.46. The van der Waals surface area contributed by atoms with Crippen LogP contribution in [0, 0.1) is 0 Å². The maximum atomic E-state index is 12.6. The molecular weight excluding hydrogens is 376 g/mol. The van der Waals surface area contributed by atoms with Gasteiger partial charge in [0.2, 0.25) is 0 Å². The first-order chi connectivity index (χ1) is 14.0. The summed E-state index contributed by atoms with van der Waals surface area (Å²) in [7, 11) is 0. The van der Waals surface area contributed by atoms with Crippen LogP contribution in [-0.4, -0.2) is 37.1 Å². The third-order valence-electron chi connectivity index (χ3n) is 3.69. The van der Waals surface area contributed by atoms with E-state index in [4.69, 9.17) is 4.74 Å². The number of hydrogen-bond donors (Lipinski definition) is 0. The molecule has 0 unspecified atom stereocenters. The number of rotatable bonds is 8. The van der Waals surface area contributed by atoms with E-state index in [2.05, 4.69) is 9.47 Å². The molecule has 0 heterocycles. The number of hydrogen-bond acceptors (Lipinski definition) is 7. The van der Waals surface area contributed by atoms with Crippen molar-refractivity contribution >= 4 is 23.9 Å². The van der Waals surface area contributed by atoms with Gasteiger partial charge in [-0.15, -0.1) is 0 Å². The number of carbonyl (C=O) groups is 4. The second kappa shape index (κ2) is 11.2. The molecule has 0 spiro atoms. The number of esters is 4. The zero-order valence-corrected chi connectivity index (χ0v) is 15.8. The SMILES string of the molecule is CCOC(=O)/C=C/C(=O)OCC(=O)OC(=O)C(c1ccccc1)c1ccccc1. The van der Waals surface area contributed by atoms with Gasteiger partial charge in [0.15, 0.2) is 6.61 Å². The summed E-state index contributed by atoms with van der Waals surface area (Å²) in [5, 5.41) is 0. The molecule has 0 atom stereocenters. The average molecular weight is 396 g/mol. The first-order valence-electron chi connectivity index (χ1n) is 8.87. The molecule has 2 rings (SSSR count). The van der Waals surface area contributed by atoms with Crippen LogP contribution in [0.5, 0.6) is 0 Å². The highest BCUT2D eigenvalue weighted by Gasteiger charge is 2.26. The predicted octanol–water partition coefficient (Wildman–Crippen LogP) is 2.55. The van der Waals surface area contributed by atoms with E-state index < -0.39 is 36.4 Å². The highest BCUT2D eigenvalue weighted by atomic mass is 16.6. The van der Waals surface area contributed by atoms with Crippen molar-refractivity contribution in [2.75, 3.05) is 13.2 Å². The highest BCUT2D eigenvalue weighted by Crippen LogP contribution is 2.25. The Morgan fingerprint density at radius 3 is 1.76 bits per heavy atom. The Labute approximate surface area is 167 Å². The summed E-state index contributed by atoms with van der Waals surface area (Å²) in [6.07, 6.45) is 1.70. The summed E-state index contributed by atoms with van der Waals surface area (Å²) in [5.41, 5.74) is 1.32. The van der Waals surface area contributed by atoms with Crippen molar-refractivity contribution < 1.29 is 33.4 Å². The second-order valence-corrected chi connectivity index (χ2v) is 5.74. The maximum absolute atomic E-state index is 12.6. The van der Waals surface area contributed by atoms with Crippen LogP contribution in [0.25, 0.3) is 0 Å². The zero-order valence-electron chi connectivity index (χ0n) is 15.8. The van der Waals surface area contributed by atoms with Gasteiger partial charge in [-0.3, -0.25) is 4.79 Å². The van der Waals surface area contributed by atoms with Crippen LogP contribution in [0.4, 0.5) is 0 Å². The van der Waals surface area contributed by atoms with E-state index in [0.717, 1.165) is 12.2 Å². The fourth-order valence-corrected chi connectivity index (χ4v) is 2.46. The molecule has 0 amide bonds. The summed E-state index contributed by atoms with van der Waals surface area (Å²) < 4.78 is 14.1. The van der Waals surface area contributed by atoms with E-state index in [-0.39, 0.29) is 6.61 Å². The normalized spacial score (nSPS) is 10.6. The Morgan fingerprint density at radius 2 is 1.28 bits per heavy atom. The summed E-state index contributed by atoms with van der Waals surface area (Å²) >= 11 is 0. The van der Waals surface area contributed by atoms with Gasteiger partial charge in [0.25, 0.3) is 0 Å². The molecule has 29 heavy (non-hydrogen) atoms. The van der Waals surface area contributed by atoms with Crippen LogP contribution < -0.4 is 0 Å². The van der Waals surface area contributed by atoms with Crippen molar-refractivity contribution in [3.05, 3.63) is 83.9 Å². The third-order valence-corrected chi connectivity index (χ3v) is 3.69. The Kier molecular flexibility index (Phi) is 8.31. The van der Waals surface area contributed by atoms with E-state index in [1.54, 1.807) is 55.5 Å². The minimum Gasteiger partial charge on any atom is -0.463 e. The van der Waals surface area contributed by atoms with Crippen LogP contribution in [0.1, 0.15) is 24.0 Å². The standard InChI is InChI=1S/C22H20O7/c1-2-27-18(23)13-14-19(24)28-15-20(25)29-22(26)21(16-9-5-3-6-10-16)17-11-7-4-8-12-17/h3-14,21H,2,15H2,1H3/b14-13+. The molecule has 0 aliphatic carbocycles. The molecule has 0 saturated heterocycles. The lowest BCUT2D eigenvalue weighted by Gasteiger charge is -2.16. The molecule has 0 fully saturated rings. The van der Waals surface area contributed by atoms with Crippen LogP contribution in [-0.2, 0) is 33.4 Å². The van der Waals surface area contributed by atoms with Crippen LogP contribution in [0.15, 0.2) is 72.8 Å². The number of carbonyl (C=O) groups excluding carboxylic acids is 4. The molecule has 0 N–H and O–H groups in total. The van der Waals surface area contributed by atoms with Gasteiger partial charge in [0.05, 0.1) is 6.61 Å². The van der Waals surface area contributed by atoms with Gasteiger partial charge < -0.3 is 14.2 Å². The smallest absolute Gasteiger partial charge is 0.351 e. The summed E-state index contributed by atoms with van der Waals surface area (Å²) in [4.78, 5) is 47.2. The topological polar surface area (TPSA) is 96.0 Å². The van der Waals surface area contributed by atoms with E-state index in [1.165, 1.54) is 0 Å². The summed E-state index contributed by atoms with van der Waals surface area (Å²) in [5.74, 6) is -4.27. The minimum absolute atomic E-state index is 0.163. The van der Waals surface area contributed by atoms with Gasteiger partial charge in [-0.1, -0.05) is 60.7 Å². The van der Waals surface area contributed by atoms with E-state index in [0.29, 0.717) is 11.1 Å². The quantitative estimate of drug-likeness (QED) is 0.293. The van der Waals surface area contributed by atoms with Gasteiger partial charge in [-0.05, 0) is 18.1 Å². The monoisotopic (exact) mass is 396 g/mol. The summed E-state index contributed by atoms with van der Waals surface area (Å²) in [6.45, 7) is 1.01. The van der Waals surface area contributed by atoms with Gasteiger partial charge in [0.1, 0.15) is 5.92 Å². The first kappa shape index (κ1) is 21.6. The molecule has 0 aliphatic rings. The largest absolute Gasteiger partial charge is 0.463 e. The van der Waals surface area contributed by atoms with Crippen molar-refractivity contribution in [2.24, 2.45) is 0 Å². The molecular formula is C22H20O7. The van der Waals surface area contributed by atoms with E-state index in [1.807, 2.05) is 12.1 Å². The van der Waals surface area contributed by atoms with Crippen LogP contribution >= 0.6 is 0 Å². The fraction of sp³-hybridized carbons (Fsp3) is 0.182. The Bertz CT molecular complexity index is 833. The zero-order chi connectivity index (χ0) is 21.1. The molecule has 150 valence electrons.